The van der Waals surface area contributed by atoms with Gasteiger partial charge in [0, 0.05) is 29.3 Å². The van der Waals surface area contributed by atoms with Crippen LogP contribution in [0.5, 0.6) is 0 Å². The molecule has 0 aliphatic carbocycles. The Balaban J connectivity index is 1.47. The number of aromatic nitrogens is 1. The summed E-state index contributed by atoms with van der Waals surface area (Å²) in [6.45, 7) is 5.12. The number of thiophene rings is 1. The van der Waals surface area contributed by atoms with Crippen molar-refractivity contribution in [2.24, 2.45) is 0 Å². The molecule has 3 heterocycles. The van der Waals surface area contributed by atoms with Gasteiger partial charge in [-0.25, -0.2) is 9.37 Å². The molecule has 0 bridgehead atoms. The van der Waals surface area contributed by atoms with E-state index in [1.54, 1.807) is 29.5 Å². The fraction of sp³-hybridized carbons (Fsp3) is 0.263. The van der Waals surface area contributed by atoms with E-state index in [2.05, 4.69) is 22.1 Å². The lowest BCUT2D eigenvalue weighted by molar-refractivity contribution is 0.103. The first-order chi connectivity index (χ1) is 12.6. The van der Waals surface area contributed by atoms with Crippen molar-refractivity contribution in [2.45, 2.75) is 19.9 Å². The maximum atomic E-state index is 13.1. The number of hydrogen-bond donors (Lipinski definition) is 1. The molecule has 1 aliphatic heterocycles. The van der Waals surface area contributed by atoms with E-state index in [1.807, 2.05) is 6.07 Å². The topological polar surface area (TPSA) is 45.2 Å². The number of anilines is 1. The minimum absolute atomic E-state index is 0.151. The van der Waals surface area contributed by atoms with E-state index in [9.17, 15) is 9.18 Å². The van der Waals surface area contributed by atoms with Crippen LogP contribution in [0.25, 0.3) is 10.4 Å². The number of amides is 1. The Labute approximate surface area is 159 Å². The highest BCUT2D eigenvalue weighted by atomic mass is 32.1. The van der Waals surface area contributed by atoms with Crippen molar-refractivity contribution in [1.29, 1.82) is 0 Å². The molecule has 4 rings (SSSR count). The maximum absolute atomic E-state index is 13.1. The largest absolute Gasteiger partial charge is 0.298 e. The van der Waals surface area contributed by atoms with E-state index in [-0.39, 0.29) is 11.7 Å². The molecule has 1 aliphatic rings. The van der Waals surface area contributed by atoms with Gasteiger partial charge in [0.1, 0.15) is 5.82 Å². The van der Waals surface area contributed by atoms with Gasteiger partial charge in [-0.15, -0.1) is 22.7 Å². The average Bonchev–Trinajstić information content (AvgIpc) is 3.28. The third-order valence-corrected chi connectivity index (χ3v) is 6.57. The van der Waals surface area contributed by atoms with Crippen LogP contribution in [-0.4, -0.2) is 28.9 Å². The first kappa shape index (κ1) is 17.3. The molecule has 0 saturated carbocycles. The van der Waals surface area contributed by atoms with Crippen molar-refractivity contribution in [3.8, 4) is 10.4 Å². The second kappa shape index (κ2) is 7.26. The summed E-state index contributed by atoms with van der Waals surface area (Å²) in [5, 5.41) is 3.58. The minimum Gasteiger partial charge on any atom is -0.298 e. The average molecular weight is 388 g/mol. The Morgan fingerprint density at radius 1 is 1.23 bits per heavy atom. The Bertz CT molecular complexity index is 933. The van der Waals surface area contributed by atoms with Crippen molar-refractivity contribution < 1.29 is 9.18 Å². The normalized spacial score (nSPS) is 14.2. The van der Waals surface area contributed by atoms with Crippen LogP contribution in [0.3, 0.4) is 0 Å². The number of hydrogen-bond acceptors (Lipinski definition) is 5. The van der Waals surface area contributed by atoms with Crippen LogP contribution < -0.4 is 5.32 Å². The Morgan fingerprint density at radius 2 is 2.04 bits per heavy atom. The molecule has 7 heteroatoms. The van der Waals surface area contributed by atoms with Crippen LogP contribution in [0.1, 0.15) is 27.2 Å². The van der Waals surface area contributed by atoms with Crippen LogP contribution in [0, 0.1) is 5.82 Å². The Hall–Kier alpha value is -2.09. The molecule has 3 aromatic rings. The highest BCUT2D eigenvalue weighted by Crippen LogP contribution is 2.31. The summed E-state index contributed by atoms with van der Waals surface area (Å²) in [7, 11) is 0. The standard InChI is InChI=1S/C19H18FN3OS2/c1-2-23-10-9-14-17(11-23)26-19(21-14)22-18(24)16-8-7-15(25-16)12-3-5-13(20)6-4-12/h3-8H,2,9-11H2,1H3,(H,21,22,24). The summed E-state index contributed by atoms with van der Waals surface area (Å²) in [4.78, 5) is 22.3. The van der Waals surface area contributed by atoms with Gasteiger partial charge < -0.3 is 0 Å². The second-order valence-corrected chi connectivity index (χ2v) is 8.30. The zero-order valence-electron chi connectivity index (χ0n) is 14.3. The van der Waals surface area contributed by atoms with Crippen molar-refractivity contribution in [1.82, 2.24) is 9.88 Å². The predicted octanol–water partition coefficient (Wildman–Crippen LogP) is 4.64. The molecule has 0 spiro atoms. The monoisotopic (exact) mass is 387 g/mol. The predicted molar refractivity (Wildman–Crippen MR) is 104 cm³/mol. The molecule has 134 valence electrons. The van der Waals surface area contributed by atoms with E-state index in [0.717, 1.165) is 42.2 Å². The highest BCUT2D eigenvalue weighted by molar-refractivity contribution is 7.18. The molecule has 26 heavy (non-hydrogen) atoms. The van der Waals surface area contributed by atoms with Gasteiger partial charge in [-0.1, -0.05) is 19.1 Å². The molecule has 0 unspecified atom stereocenters. The van der Waals surface area contributed by atoms with Gasteiger partial charge >= 0.3 is 0 Å². The SMILES string of the molecule is CCN1CCc2nc(NC(=O)c3ccc(-c4ccc(F)cc4)s3)sc2C1. The zero-order chi connectivity index (χ0) is 18.1. The van der Waals surface area contributed by atoms with Crippen LogP contribution >= 0.6 is 22.7 Å². The molecule has 1 N–H and O–H groups in total. The fourth-order valence-electron chi connectivity index (χ4n) is 2.96. The van der Waals surface area contributed by atoms with E-state index >= 15 is 0 Å². The van der Waals surface area contributed by atoms with Crippen LogP contribution in [0.4, 0.5) is 9.52 Å². The molecule has 0 atom stereocenters. The number of rotatable bonds is 4. The molecule has 0 fully saturated rings. The smallest absolute Gasteiger partial charge is 0.267 e. The first-order valence-electron chi connectivity index (χ1n) is 8.50. The zero-order valence-corrected chi connectivity index (χ0v) is 15.9. The minimum atomic E-state index is -0.266. The first-order valence-corrected chi connectivity index (χ1v) is 10.1. The third kappa shape index (κ3) is 3.56. The lowest BCUT2D eigenvalue weighted by atomic mass is 10.2. The van der Waals surface area contributed by atoms with Crippen molar-refractivity contribution in [3.63, 3.8) is 0 Å². The lowest BCUT2D eigenvalue weighted by Gasteiger charge is -2.23. The maximum Gasteiger partial charge on any atom is 0.267 e. The quantitative estimate of drug-likeness (QED) is 0.709. The molecule has 0 saturated heterocycles. The number of halogens is 1. The Morgan fingerprint density at radius 3 is 2.81 bits per heavy atom. The van der Waals surface area contributed by atoms with Crippen LogP contribution in [-0.2, 0) is 13.0 Å². The summed E-state index contributed by atoms with van der Waals surface area (Å²) in [6.07, 6.45) is 0.934. The summed E-state index contributed by atoms with van der Waals surface area (Å²) in [5.41, 5.74) is 2.01. The molecular weight excluding hydrogens is 369 g/mol. The Kier molecular flexibility index (Phi) is 4.84. The van der Waals surface area contributed by atoms with Gasteiger partial charge in [0.15, 0.2) is 5.13 Å². The van der Waals surface area contributed by atoms with Crippen LogP contribution in [0.2, 0.25) is 0 Å². The molecule has 1 aromatic carbocycles. The fourth-order valence-corrected chi connectivity index (χ4v) is 4.91. The number of carbonyl (C=O) groups is 1. The van der Waals surface area contributed by atoms with Gasteiger partial charge in [-0.3, -0.25) is 15.0 Å². The number of nitrogens with zero attached hydrogens (tertiary/aromatic N) is 2. The van der Waals surface area contributed by atoms with Gasteiger partial charge in [0.05, 0.1) is 10.6 Å². The lowest BCUT2D eigenvalue weighted by Crippen LogP contribution is -2.29. The van der Waals surface area contributed by atoms with Crippen LogP contribution in [0.15, 0.2) is 36.4 Å². The van der Waals surface area contributed by atoms with E-state index in [4.69, 9.17) is 0 Å². The highest BCUT2D eigenvalue weighted by Gasteiger charge is 2.21. The summed E-state index contributed by atoms with van der Waals surface area (Å²) in [5.74, 6) is -0.417. The van der Waals surface area contributed by atoms with E-state index in [1.165, 1.54) is 28.3 Å². The summed E-state index contributed by atoms with van der Waals surface area (Å²) < 4.78 is 13.1. The van der Waals surface area contributed by atoms with Crippen molar-refractivity contribution in [3.05, 3.63) is 57.7 Å². The number of benzene rings is 1. The second-order valence-electron chi connectivity index (χ2n) is 6.13. The summed E-state index contributed by atoms with van der Waals surface area (Å²) >= 11 is 2.95. The number of carbonyl (C=O) groups excluding carboxylic acids is 1. The van der Waals surface area contributed by atoms with Crippen molar-refractivity contribution >= 4 is 33.7 Å². The van der Waals surface area contributed by atoms with Crippen molar-refractivity contribution in [2.75, 3.05) is 18.4 Å². The van der Waals surface area contributed by atoms with Gasteiger partial charge in [-0.05, 0) is 36.4 Å². The van der Waals surface area contributed by atoms with Gasteiger partial charge in [0.25, 0.3) is 5.91 Å². The number of likely N-dealkylation sites (N-methyl/N-ethyl adjacent to an activating group) is 1. The number of fused-ring (bicyclic) bond motifs is 1. The number of thiazole rings is 1. The van der Waals surface area contributed by atoms with E-state index in [0.29, 0.717) is 10.0 Å². The molecular formula is C19H18FN3OS2. The third-order valence-electron chi connectivity index (χ3n) is 4.44. The molecule has 4 nitrogen and oxygen atoms in total. The van der Waals surface area contributed by atoms with Gasteiger partial charge in [0.2, 0.25) is 0 Å². The molecule has 0 radical (unpaired) electrons. The molecule has 2 aromatic heterocycles. The van der Waals surface area contributed by atoms with Gasteiger partial charge in [-0.2, -0.15) is 0 Å². The summed E-state index contributed by atoms with van der Waals surface area (Å²) in [6, 6.07) is 9.97. The number of nitrogens with one attached hydrogen (secondary N) is 1. The molecule has 1 amide bonds. The van der Waals surface area contributed by atoms with E-state index < -0.39 is 0 Å².